The highest BCUT2D eigenvalue weighted by Gasteiger charge is 2.19. The number of aryl methyl sites for hydroxylation is 1. The number of hydrogen-bond donors (Lipinski definition) is 0. The smallest absolute Gasteiger partial charge is 0.137 e. The van der Waals surface area contributed by atoms with Crippen molar-refractivity contribution in [1.29, 1.82) is 0 Å². The van der Waals surface area contributed by atoms with Crippen LogP contribution in [0.25, 0.3) is 0 Å². The zero-order valence-corrected chi connectivity index (χ0v) is 24.0. The molecule has 0 aliphatic heterocycles. The summed E-state index contributed by atoms with van der Waals surface area (Å²) in [5, 5.41) is 24.9. The number of hydrogen-bond acceptors (Lipinski definition) is 3. The van der Waals surface area contributed by atoms with Crippen LogP contribution in [0, 0.1) is 10.4 Å². The number of ether oxygens (including phenoxy) is 1. The van der Waals surface area contributed by atoms with Gasteiger partial charge in [0.25, 0.3) is 0 Å². The van der Waals surface area contributed by atoms with E-state index in [1.165, 1.54) is 83.5 Å². The molecule has 1 rings (SSSR count). The van der Waals surface area contributed by atoms with Gasteiger partial charge in [-0.15, -0.1) is 0 Å². The van der Waals surface area contributed by atoms with E-state index in [-0.39, 0.29) is 0 Å². The van der Waals surface area contributed by atoms with Gasteiger partial charge in [0.05, 0.1) is 34.8 Å². The van der Waals surface area contributed by atoms with Crippen LogP contribution in [0.15, 0.2) is 12.1 Å². The standard InChI is InChI=1S/C30H56N2O3/c1-7-9-10-11-12-13-14-15-16-17-18-19-20-21-22-35-30-28(25-31(3,4)33)23-27(8-2)24-29(30)26-32(5,6)34/h23-24H,7-22,25-26H2,1-6H3. The highest BCUT2D eigenvalue weighted by atomic mass is 16.5. The summed E-state index contributed by atoms with van der Waals surface area (Å²) in [6, 6.07) is 4.18. The predicted octanol–water partition coefficient (Wildman–Crippen LogP) is 8.26. The first-order valence-electron chi connectivity index (χ1n) is 14.4. The number of rotatable bonds is 21. The summed E-state index contributed by atoms with van der Waals surface area (Å²) in [6.45, 7) is 5.72. The zero-order chi connectivity index (χ0) is 26.2. The lowest BCUT2D eigenvalue weighted by atomic mass is 10.0. The Morgan fingerprint density at radius 3 is 1.31 bits per heavy atom. The van der Waals surface area contributed by atoms with Gasteiger partial charge in [0.15, 0.2) is 0 Å². The molecule has 35 heavy (non-hydrogen) atoms. The fourth-order valence-electron chi connectivity index (χ4n) is 4.74. The lowest BCUT2D eigenvalue weighted by molar-refractivity contribution is -0.854. The third-order valence-corrected chi connectivity index (χ3v) is 6.56. The van der Waals surface area contributed by atoms with E-state index in [0.717, 1.165) is 35.3 Å². The first kappa shape index (κ1) is 31.9. The van der Waals surface area contributed by atoms with Gasteiger partial charge in [-0.1, -0.05) is 97.3 Å². The van der Waals surface area contributed by atoms with E-state index in [1.54, 1.807) is 28.2 Å². The van der Waals surface area contributed by atoms with Crippen molar-refractivity contribution in [2.45, 2.75) is 123 Å². The molecule has 0 bridgehead atoms. The zero-order valence-electron chi connectivity index (χ0n) is 24.0. The molecule has 204 valence electrons. The van der Waals surface area contributed by atoms with Crippen LogP contribution in [0.3, 0.4) is 0 Å². The van der Waals surface area contributed by atoms with Crippen LogP contribution in [-0.2, 0) is 19.5 Å². The Morgan fingerprint density at radius 2 is 0.971 bits per heavy atom. The van der Waals surface area contributed by atoms with Crippen LogP contribution in [0.4, 0.5) is 0 Å². The summed E-state index contributed by atoms with van der Waals surface area (Å²) >= 11 is 0. The van der Waals surface area contributed by atoms with Crippen LogP contribution in [0.5, 0.6) is 5.75 Å². The molecule has 0 atom stereocenters. The Bertz CT molecular complexity index is 640. The molecule has 0 saturated heterocycles. The van der Waals surface area contributed by atoms with Crippen molar-refractivity contribution in [3.05, 3.63) is 39.2 Å². The van der Waals surface area contributed by atoms with Crippen LogP contribution in [0.1, 0.15) is 120 Å². The third-order valence-electron chi connectivity index (χ3n) is 6.56. The minimum atomic E-state index is -0.405. The summed E-state index contributed by atoms with van der Waals surface area (Å²) < 4.78 is 5.46. The van der Waals surface area contributed by atoms with E-state index in [4.69, 9.17) is 4.74 Å². The molecule has 0 aromatic heterocycles. The number of quaternary nitrogens is 2. The normalized spacial score (nSPS) is 12.3. The van der Waals surface area contributed by atoms with E-state index in [2.05, 4.69) is 26.0 Å². The number of benzene rings is 1. The largest absolute Gasteiger partial charge is 0.633 e. The number of hydroxylamine groups is 6. The first-order chi connectivity index (χ1) is 16.6. The highest BCUT2D eigenvalue weighted by molar-refractivity contribution is 5.44. The molecular formula is C30H56N2O3. The van der Waals surface area contributed by atoms with E-state index in [0.29, 0.717) is 19.7 Å². The molecule has 0 amide bonds. The lowest BCUT2D eigenvalue weighted by Gasteiger charge is -2.36. The minimum absolute atomic E-state index is 0.348. The molecule has 0 radical (unpaired) electrons. The van der Waals surface area contributed by atoms with Gasteiger partial charge < -0.3 is 24.4 Å². The van der Waals surface area contributed by atoms with Crippen molar-refractivity contribution in [2.75, 3.05) is 34.8 Å². The highest BCUT2D eigenvalue weighted by Crippen LogP contribution is 2.31. The van der Waals surface area contributed by atoms with Crippen LogP contribution >= 0.6 is 0 Å². The Labute approximate surface area is 217 Å². The molecule has 0 unspecified atom stereocenters. The molecule has 1 aromatic carbocycles. The summed E-state index contributed by atoms with van der Waals surface area (Å²) in [5.41, 5.74) is 3.01. The maximum atomic E-state index is 12.5. The second kappa shape index (κ2) is 17.3. The van der Waals surface area contributed by atoms with E-state index < -0.39 is 9.29 Å². The quantitative estimate of drug-likeness (QED) is 0.0985. The Kier molecular flexibility index (Phi) is 15.8. The number of nitrogens with zero attached hydrogens (tertiary/aromatic N) is 2. The minimum Gasteiger partial charge on any atom is -0.633 e. The molecule has 0 N–H and O–H groups in total. The second-order valence-corrected chi connectivity index (χ2v) is 11.5. The summed E-state index contributed by atoms with van der Waals surface area (Å²) in [5.74, 6) is 0.765. The predicted molar refractivity (Wildman–Crippen MR) is 150 cm³/mol. The van der Waals surface area contributed by atoms with Gasteiger partial charge >= 0.3 is 0 Å². The summed E-state index contributed by atoms with van der Waals surface area (Å²) in [6.07, 6.45) is 19.5. The van der Waals surface area contributed by atoms with E-state index in [1.807, 2.05) is 0 Å². The van der Waals surface area contributed by atoms with E-state index in [9.17, 15) is 10.4 Å². The van der Waals surface area contributed by atoms with Crippen LogP contribution < -0.4 is 4.74 Å². The van der Waals surface area contributed by atoms with Crippen molar-refractivity contribution in [2.24, 2.45) is 0 Å². The van der Waals surface area contributed by atoms with Crippen LogP contribution in [-0.4, -0.2) is 44.1 Å². The van der Waals surface area contributed by atoms with Gasteiger partial charge in [0.2, 0.25) is 0 Å². The topological polar surface area (TPSA) is 55.3 Å². The summed E-state index contributed by atoms with van der Waals surface area (Å²) in [4.78, 5) is 0. The first-order valence-corrected chi connectivity index (χ1v) is 14.4. The molecular weight excluding hydrogens is 436 g/mol. The monoisotopic (exact) mass is 492 g/mol. The van der Waals surface area contributed by atoms with Crippen molar-refractivity contribution in [1.82, 2.24) is 0 Å². The average molecular weight is 493 g/mol. The SMILES string of the molecule is CCCCCCCCCCCCCCCCOc1c(C[N+](C)(C)[O-])cc(CC)cc1C[N+](C)(C)[O-]. The molecule has 0 fully saturated rings. The maximum absolute atomic E-state index is 12.5. The van der Waals surface area contributed by atoms with E-state index >= 15 is 0 Å². The molecule has 0 spiro atoms. The van der Waals surface area contributed by atoms with Gasteiger partial charge in [-0.3, -0.25) is 0 Å². The van der Waals surface area contributed by atoms with Gasteiger partial charge in [-0.05, 0) is 30.5 Å². The molecule has 0 heterocycles. The Balaban J connectivity index is 2.41. The average Bonchev–Trinajstić information content (AvgIpc) is 2.75. The van der Waals surface area contributed by atoms with Gasteiger partial charge in [-0.2, -0.15) is 0 Å². The molecule has 5 nitrogen and oxygen atoms in total. The van der Waals surface area contributed by atoms with Crippen molar-refractivity contribution in [3.8, 4) is 5.75 Å². The van der Waals surface area contributed by atoms with Crippen LogP contribution in [0.2, 0.25) is 0 Å². The van der Waals surface area contributed by atoms with Crippen molar-refractivity contribution < 1.29 is 14.0 Å². The lowest BCUT2D eigenvalue weighted by Crippen LogP contribution is -2.33. The summed E-state index contributed by atoms with van der Waals surface area (Å²) in [7, 11) is 6.62. The van der Waals surface area contributed by atoms with Gasteiger partial charge in [-0.25, -0.2) is 0 Å². The number of unbranched alkanes of at least 4 members (excludes halogenated alkanes) is 13. The Hall–Kier alpha value is -1.14. The molecule has 0 aliphatic rings. The molecule has 5 heteroatoms. The molecule has 0 saturated carbocycles. The Morgan fingerprint density at radius 1 is 0.600 bits per heavy atom. The fraction of sp³-hybridized carbons (Fsp3) is 0.800. The second-order valence-electron chi connectivity index (χ2n) is 11.5. The maximum Gasteiger partial charge on any atom is 0.137 e. The van der Waals surface area contributed by atoms with Crippen molar-refractivity contribution in [3.63, 3.8) is 0 Å². The fourth-order valence-corrected chi connectivity index (χ4v) is 4.74. The molecule has 0 aliphatic carbocycles. The molecule has 1 aromatic rings. The van der Waals surface area contributed by atoms with Gasteiger partial charge in [0, 0.05) is 11.1 Å². The van der Waals surface area contributed by atoms with Gasteiger partial charge in [0.1, 0.15) is 18.8 Å². The third kappa shape index (κ3) is 16.3. The van der Waals surface area contributed by atoms with Crippen molar-refractivity contribution >= 4 is 0 Å².